The van der Waals surface area contributed by atoms with Gasteiger partial charge in [0.05, 0.1) is 26.0 Å². The molecule has 0 saturated carbocycles. The van der Waals surface area contributed by atoms with E-state index in [1.54, 1.807) is 7.11 Å². The van der Waals surface area contributed by atoms with Crippen molar-refractivity contribution in [3.8, 4) is 5.75 Å². The van der Waals surface area contributed by atoms with Crippen molar-refractivity contribution in [2.24, 2.45) is 5.73 Å². The smallest absolute Gasteiger partial charge is 0.118 e. The van der Waals surface area contributed by atoms with E-state index in [0.29, 0.717) is 19.2 Å². The van der Waals surface area contributed by atoms with Crippen LogP contribution in [0, 0.1) is 0 Å². The van der Waals surface area contributed by atoms with Gasteiger partial charge in [-0.1, -0.05) is 17.3 Å². The lowest BCUT2D eigenvalue weighted by Crippen LogP contribution is -2.39. The number of hydrogen-bond acceptors (Lipinski definition) is 6. The molecule has 0 bridgehead atoms. The number of halogens is 2. The topological polar surface area (TPSA) is 78.4 Å². The predicted molar refractivity (Wildman–Crippen MR) is 108 cm³/mol. The Labute approximate surface area is 172 Å². The highest BCUT2D eigenvalue weighted by Crippen LogP contribution is 2.28. The van der Waals surface area contributed by atoms with E-state index in [4.69, 9.17) is 15.2 Å². The molecular formula is C18H27Cl2N5O2. The molecule has 2 aliphatic heterocycles. The second kappa shape index (κ2) is 9.71. The number of hydrogen-bond donors (Lipinski definition) is 1. The van der Waals surface area contributed by atoms with E-state index in [1.165, 1.54) is 0 Å². The zero-order valence-electron chi connectivity index (χ0n) is 15.4. The van der Waals surface area contributed by atoms with Crippen LogP contribution < -0.4 is 10.5 Å². The minimum Gasteiger partial charge on any atom is -0.497 e. The first-order chi connectivity index (χ1) is 12.2. The number of benzene rings is 1. The van der Waals surface area contributed by atoms with E-state index >= 15 is 0 Å². The van der Waals surface area contributed by atoms with Crippen molar-refractivity contribution >= 4 is 24.8 Å². The van der Waals surface area contributed by atoms with E-state index in [0.717, 1.165) is 55.2 Å². The fraction of sp³-hybridized carbons (Fsp3) is 0.556. The fourth-order valence-electron chi connectivity index (χ4n) is 3.53. The second-order valence-corrected chi connectivity index (χ2v) is 6.85. The van der Waals surface area contributed by atoms with Gasteiger partial charge in [-0.25, -0.2) is 4.68 Å². The van der Waals surface area contributed by atoms with Gasteiger partial charge in [-0.3, -0.25) is 4.90 Å². The summed E-state index contributed by atoms with van der Waals surface area (Å²) >= 11 is 0. The first-order valence-electron chi connectivity index (χ1n) is 8.87. The number of likely N-dealkylation sites (tertiary alicyclic amines) is 1. The van der Waals surface area contributed by atoms with E-state index in [1.807, 2.05) is 28.9 Å². The quantitative estimate of drug-likeness (QED) is 0.825. The minimum absolute atomic E-state index is 0. The molecular weight excluding hydrogens is 389 g/mol. The molecule has 1 saturated heterocycles. The summed E-state index contributed by atoms with van der Waals surface area (Å²) < 4.78 is 13.3. The molecule has 1 aromatic heterocycles. The summed E-state index contributed by atoms with van der Waals surface area (Å²) in [6, 6.07) is 8.36. The molecule has 0 spiro atoms. The van der Waals surface area contributed by atoms with Gasteiger partial charge in [0.15, 0.2) is 0 Å². The van der Waals surface area contributed by atoms with Crippen molar-refractivity contribution in [2.75, 3.05) is 20.2 Å². The van der Waals surface area contributed by atoms with E-state index in [9.17, 15) is 0 Å². The number of aromatic nitrogens is 3. The highest BCUT2D eigenvalue weighted by molar-refractivity contribution is 5.85. The average molecular weight is 416 g/mol. The number of nitrogens with zero attached hydrogens (tertiary/aromatic N) is 4. The maximum absolute atomic E-state index is 6.09. The number of piperidine rings is 1. The van der Waals surface area contributed by atoms with E-state index < -0.39 is 0 Å². The molecule has 1 atom stereocenters. The molecule has 1 aromatic carbocycles. The number of methoxy groups -OCH3 is 1. The van der Waals surface area contributed by atoms with Gasteiger partial charge in [-0.05, 0) is 30.5 Å². The first kappa shape index (κ1) is 21.9. The van der Waals surface area contributed by atoms with Crippen LogP contribution in [0.15, 0.2) is 24.3 Å². The van der Waals surface area contributed by atoms with Crippen molar-refractivity contribution in [2.45, 2.75) is 44.7 Å². The van der Waals surface area contributed by atoms with Crippen LogP contribution in [-0.2, 0) is 24.4 Å². The zero-order valence-corrected chi connectivity index (χ0v) is 17.0. The lowest BCUT2D eigenvalue weighted by atomic mass is 10.1. The molecule has 3 heterocycles. The Morgan fingerprint density at radius 1 is 1.19 bits per heavy atom. The first-order valence-corrected chi connectivity index (χ1v) is 8.87. The Kier molecular flexibility index (Phi) is 7.88. The van der Waals surface area contributed by atoms with Crippen LogP contribution in [0.2, 0.25) is 0 Å². The zero-order chi connectivity index (χ0) is 17.2. The van der Waals surface area contributed by atoms with Crippen molar-refractivity contribution in [3.63, 3.8) is 0 Å². The van der Waals surface area contributed by atoms with Crippen LogP contribution in [0.4, 0.5) is 0 Å². The third kappa shape index (κ3) is 4.92. The maximum atomic E-state index is 6.09. The van der Waals surface area contributed by atoms with Gasteiger partial charge in [0.1, 0.15) is 17.5 Å². The molecule has 1 unspecified atom stereocenters. The summed E-state index contributed by atoms with van der Waals surface area (Å²) in [5, 5.41) is 8.76. The number of rotatable bonds is 4. The Morgan fingerprint density at radius 3 is 2.56 bits per heavy atom. The van der Waals surface area contributed by atoms with Crippen LogP contribution in [-0.4, -0.2) is 46.1 Å². The van der Waals surface area contributed by atoms with Crippen molar-refractivity contribution in [1.29, 1.82) is 0 Å². The summed E-state index contributed by atoms with van der Waals surface area (Å²) in [7, 11) is 1.67. The van der Waals surface area contributed by atoms with Crippen LogP contribution in [0.3, 0.4) is 0 Å². The standard InChI is InChI=1S/C18H25N5O2.2ClH/c1-24-15-4-2-13(3-5-15)18-11-23-17(12-25-18)16(20-21-23)10-22-8-6-14(19)7-9-22;;/h2-5,14,18H,6-12,19H2,1H3;2*1H. The summed E-state index contributed by atoms with van der Waals surface area (Å²) in [5.74, 6) is 0.851. The van der Waals surface area contributed by atoms with Gasteiger partial charge in [-0.2, -0.15) is 0 Å². The largest absolute Gasteiger partial charge is 0.497 e. The summed E-state index contributed by atoms with van der Waals surface area (Å²) in [6.07, 6.45) is 2.11. The highest BCUT2D eigenvalue weighted by atomic mass is 35.5. The van der Waals surface area contributed by atoms with E-state index in [2.05, 4.69) is 15.2 Å². The summed E-state index contributed by atoms with van der Waals surface area (Å²) in [6.45, 7) is 4.14. The van der Waals surface area contributed by atoms with Gasteiger partial charge in [0.25, 0.3) is 0 Å². The third-order valence-corrected chi connectivity index (χ3v) is 5.17. The normalized spacial score (nSPS) is 20.3. The van der Waals surface area contributed by atoms with Gasteiger partial charge < -0.3 is 15.2 Å². The molecule has 1 fully saturated rings. The van der Waals surface area contributed by atoms with Crippen molar-refractivity contribution in [3.05, 3.63) is 41.2 Å². The predicted octanol–water partition coefficient (Wildman–Crippen LogP) is 2.32. The van der Waals surface area contributed by atoms with Crippen LogP contribution in [0.5, 0.6) is 5.75 Å². The minimum atomic E-state index is 0. The Hall–Kier alpha value is -1.38. The molecule has 150 valence electrons. The molecule has 4 rings (SSSR count). The van der Waals surface area contributed by atoms with Crippen LogP contribution >= 0.6 is 24.8 Å². The Morgan fingerprint density at radius 2 is 1.89 bits per heavy atom. The molecule has 2 aromatic rings. The number of fused-ring (bicyclic) bond motifs is 1. The van der Waals surface area contributed by atoms with E-state index in [-0.39, 0.29) is 30.9 Å². The summed E-state index contributed by atoms with van der Waals surface area (Å²) in [5.41, 5.74) is 9.24. The molecule has 2 aliphatic rings. The second-order valence-electron chi connectivity index (χ2n) is 6.85. The maximum Gasteiger partial charge on any atom is 0.118 e. The molecule has 0 aliphatic carbocycles. The fourth-order valence-corrected chi connectivity index (χ4v) is 3.53. The highest BCUT2D eigenvalue weighted by Gasteiger charge is 2.26. The Bertz CT molecular complexity index is 717. The lowest BCUT2D eigenvalue weighted by molar-refractivity contribution is -0.00217. The lowest BCUT2D eigenvalue weighted by Gasteiger charge is -2.30. The van der Waals surface area contributed by atoms with Gasteiger partial charge >= 0.3 is 0 Å². The summed E-state index contributed by atoms with van der Waals surface area (Å²) in [4.78, 5) is 2.41. The van der Waals surface area contributed by atoms with Crippen LogP contribution in [0.25, 0.3) is 0 Å². The molecule has 2 N–H and O–H groups in total. The van der Waals surface area contributed by atoms with Gasteiger partial charge in [0, 0.05) is 25.7 Å². The van der Waals surface area contributed by atoms with Crippen molar-refractivity contribution < 1.29 is 9.47 Å². The van der Waals surface area contributed by atoms with Gasteiger partial charge in [-0.15, -0.1) is 29.9 Å². The molecule has 9 heteroatoms. The number of nitrogens with two attached hydrogens (primary N) is 1. The van der Waals surface area contributed by atoms with Crippen molar-refractivity contribution in [1.82, 2.24) is 19.9 Å². The van der Waals surface area contributed by atoms with Crippen LogP contribution in [0.1, 0.15) is 35.9 Å². The molecule has 7 nitrogen and oxygen atoms in total. The Balaban J connectivity index is 0.00000131. The molecule has 0 radical (unpaired) electrons. The van der Waals surface area contributed by atoms with Gasteiger partial charge in [0.2, 0.25) is 0 Å². The average Bonchev–Trinajstić information content (AvgIpc) is 3.06. The monoisotopic (exact) mass is 415 g/mol. The SMILES string of the molecule is COc1ccc(C2Cn3nnc(CN4CCC(N)CC4)c3CO2)cc1.Cl.Cl. The molecule has 27 heavy (non-hydrogen) atoms. The molecule has 0 amide bonds. The third-order valence-electron chi connectivity index (χ3n) is 5.17. The number of ether oxygens (including phenoxy) is 2.